The molecule has 1 heterocycles. The Morgan fingerprint density at radius 1 is 0.903 bits per heavy atom. The Bertz CT molecular complexity index is 999. The van der Waals surface area contributed by atoms with E-state index in [0.29, 0.717) is 6.42 Å². The number of methoxy groups -OCH3 is 1. The van der Waals surface area contributed by atoms with Gasteiger partial charge in [-0.15, -0.1) is 0 Å². The van der Waals surface area contributed by atoms with Gasteiger partial charge in [0.1, 0.15) is 5.75 Å². The largest absolute Gasteiger partial charge is 0.497 e. The summed E-state index contributed by atoms with van der Waals surface area (Å²) in [6.07, 6.45) is 0.399. The number of rotatable bonds is 6. The fourth-order valence-electron chi connectivity index (χ4n) is 4.19. The van der Waals surface area contributed by atoms with Gasteiger partial charge in [0.05, 0.1) is 19.6 Å². The van der Waals surface area contributed by atoms with Crippen molar-refractivity contribution in [2.24, 2.45) is 0 Å². The molecule has 3 aromatic rings. The van der Waals surface area contributed by atoms with Crippen LogP contribution in [0.15, 0.2) is 78.9 Å². The van der Waals surface area contributed by atoms with Crippen LogP contribution in [0, 0.1) is 0 Å². The van der Waals surface area contributed by atoms with E-state index in [2.05, 4.69) is 41.3 Å². The highest BCUT2D eigenvalue weighted by atomic mass is 35.5. The molecule has 0 radical (unpaired) electrons. The van der Waals surface area contributed by atoms with Crippen molar-refractivity contribution in [1.82, 2.24) is 9.80 Å². The predicted molar refractivity (Wildman–Crippen MR) is 125 cm³/mol. The fourth-order valence-corrected chi connectivity index (χ4v) is 4.32. The number of carbonyl (C=O) groups excluding carboxylic acids is 1. The van der Waals surface area contributed by atoms with Gasteiger partial charge in [-0.3, -0.25) is 9.69 Å². The van der Waals surface area contributed by atoms with E-state index in [-0.39, 0.29) is 11.9 Å². The summed E-state index contributed by atoms with van der Waals surface area (Å²) in [4.78, 5) is 17.3. The summed E-state index contributed by atoms with van der Waals surface area (Å²) >= 11 is 6.12. The lowest BCUT2D eigenvalue weighted by Crippen LogP contribution is -2.50. The van der Waals surface area contributed by atoms with Crippen LogP contribution in [0.1, 0.15) is 22.7 Å². The number of hydrogen-bond acceptors (Lipinski definition) is 3. The lowest BCUT2D eigenvalue weighted by Gasteiger charge is -2.40. The lowest BCUT2D eigenvalue weighted by atomic mass is 9.96. The van der Waals surface area contributed by atoms with Gasteiger partial charge in [-0.05, 0) is 41.0 Å². The molecular formula is C26H27ClN2O2. The second-order valence-electron chi connectivity index (χ2n) is 7.81. The van der Waals surface area contributed by atoms with E-state index in [1.807, 2.05) is 47.4 Å². The topological polar surface area (TPSA) is 32.8 Å². The van der Waals surface area contributed by atoms with Gasteiger partial charge < -0.3 is 9.64 Å². The highest BCUT2D eigenvalue weighted by Gasteiger charge is 2.28. The summed E-state index contributed by atoms with van der Waals surface area (Å²) in [6, 6.07) is 26.5. The molecular weight excluding hydrogens is 408 g/mol. The normalized spacial score (nSPS) is 15.5. The summed E-state index contributed by atoms with van der Waals surface area (Å²) in [6.45, 7) is 3.09. The number of ether oxygens (including phenoxy) is 1. The van der Waals surface area contributed by atoms with Crippen LogP contribution >= 0.6 is 11.6 Å². The van der Waals surface area contributed by atoms with Gasteiger partial charge in [0, 0.05) is 31.2 Å². The number of benzene rings is 3. The molecule has 1 amide bonds. The quantitative estimate of drug-likeness (QED) is 0.557. The van der Waals surface area contributed by atoms with Crippen molar-refractivity contribution in [2.75, 3.05) is 33.3 Å². The highest BCUT2D eigenvalue weighted by molar-refractivity contribution is 6.30. The summed E-state index contributed by atoms with van der Waals surface area (Å²) in [7, 11) is 1.64. The summed E-state index contributed by atoms with van der Waals surface area (Å²) < 4.78 is 5.27. The minimum atomic E-state index is 0.147. The molecule has 0 N–H and O–H groups in total. The first-order valence-electron chi connectivity index (χ1n) is 10.6. The van der Waals surface area contributed by atoms with Gasteiger partial charge in [-0.2, -0.15) is 0 Å². The Balaban J connectivity index is 1.45. The SMILES string of the molecule is COc1cccc(CC(=O)N2CCN(C(c3ccccc3)c3ccc(Cl)cc3)CC2)c1. The number of amides is 1. The number of nitrogens with zero attached hydrogens (tertiary/aromatic N) is 2. The van der Waals surface area contributed by atoms with Gasteiger partial charge >= 0.3 is 0 Å². The molecule has 1 saturated heterocycles. The van der Waals surface area contributed by atoms with Gasteiger partial charge in [0.2, 0.25) is 5.91 Å². The molecule has 1 fully saturated rings. The first-order valence-corrected chi connectivity index (χ1v) is 11.0. The Kier molecular flexibility index (Phi) is 6.90. The van der Waals surface area contributed by atoms with E-state index in [4.69, 9.17) is 16.3 Å². The Labute approximate surface area is 189 Å². The fraction of sp³-hybridized carbons (Fsp3) is 0.269. The van der Waals surface area contributed by atoms with Crippen molar-refractivity contribution >= 4 is 17.5 Å². The predicted octanol–water partition coefficient (Wildman–Crippen LogP) is 4.82. The van der Waals surface area contributed by atoms with E-state index < -0.39 is 0 Å². The first-order chi connectivity index (χ1) is 15.1. The van der Waals surface area contributed by atoms with Crippen LogP contribution in [-0.4, -0.2) is 49.0 Å². The van der Waals surface area contributed by atoms with E-state index in [1.165, 1.54) is 11.1 Å². The maximum Gasteiger partial charge on any atom is 0.227 e. The van der Waals surface area contributed by atoms with Gasteiger partial charge in [0.25, 0.3) is 0 Å². The lowest BCUT2D eigenvalue weighted by molar-refractivity contribution is -0.132. The Hall–Kier alpha value is -2.82. The molecule has 0 aliphatic carbocycles. The van der Waals surface area contributed by atoms with Crippen LogP contribution < -0.4 is 4.74 Å². The number of piperazine rings is 1. The third-order valence-corrected chi connectivity index (χ3v) is 6.07. The smallest absolute Gasteiger partial charge is 0.227 e. The third-order valence-electron chi connectivity index (χ3n) is 5.82. The summed E-state index contributed by atoms with van der Waals surface area (Å²) in [5, 5.41) is 0.739. The molecule has 0 spiro atoms. The van der Waals surface area contributed by atoms with Crippen molar-refractivity contribution in [3.63, 3.8) is 0 Å². The Morgan fingerprint density at radius 3 is 2.26 bits per heavy atom. The zero-order valence-electron chi connectivity index (χ0n) is 17.7. The van der Waals surface area contributed by atoms with Crippen LogP contribution in [0.25, 0.3) is 0 Å². The molecule has 0 saturated carbocycles. The van der Waals surface area contributed by atoms with Gasteiger partial charge in [0.15, 0.2) is 0 Å². The minimum absolute atomic E-state index is 0.147. The van der Waals surface area contributed by atoms with Gasteiger partial charge in [-0.1, -0.05) is 66.2 Å². The highest BCUT2D eigenvalue weighted by Crippen LogP contribution is 2.30. The van der Waals surface area contributed by atoms with Gasteiger partial charge in [-0.25, -0.2) is 0 Å². The molecule has 1 atom stereocenters. The maximum atomic E-state index is 12.9. The molecule has 0 aromatic heterocycles. The van der Waals surface area contributed by atoms with Crippen molar-refractivity contribution in [1.29, 1.82) is 0 Å². The van der Waals surface area contributed by atoms with Crippen LogP contribution in [0.5, 0.6) is 5.75 Å². The number of halogens is 1. The van der Waals surface area contributed by atoms with Crippen molar-refractivity contribution in [2.45, 2.75) is 12.5 Å². The monoisotopic (exact) mass is 434 g/mol. The summed E-state index contributed by atoms with van der Waals surface area (Å²) in [5.41, 5.74) is 3.45. The molecule has 3 aromatic carbocycles. The molecule has 1 unspecified atom stereocenters. The zero-order chi connectivity index (χ0) is 21.6. The second-order valence-corrected chi connectivity index (χ2v) is 8.25. The average molecular weight is 435 g/mol. The van der Waals surface area contributed by atoms with Crippen LogP contribution in [0.2, 0.25) is 5.02 Å². The van der Waals surface area contributed by atoms with E-state index in [1.54, 1.807) is 7.11 Å². The first kappa shape index (κ1) is 21.4. The standard InChI is InChI=1S/C26H27ClN2O2/c1-31-24-9-5-6-20(18-24)19-25(30)28-14-16-29(17-15-28)26(21-7-3-2-4-8-21)22-10-12-23(27)13-11-22/h2-13,18,26H,14-17,19H2,1H3. The molecule has 0 bridgehead atoms. The maximum absolute atomic E-state index is 12.9. The molecule has 1 aliphatic heterocycles. The van der Waals surface area contributed by atoms with Crippen LogP contribution in [-0.2, 0) is 11.2 Å². The van der Waals surface area contributed by atoms with Crippen LogP contribution in [0.4, 0.5) is 0 Å². The zero-order valence-corrected chi connectivity index (χ0v) is 18.5. The third kappa shape index (κ3) is 5.27. The van der Waals surface area contributed by atoms with E-state index in [0.717, 1.165) is 42.5 Å². The average Bonchev–Trinajstić information content (AvgIpc) is 2.82. The van der Waals surface area contributed by atoms with Crippen molar-refractivity contribution in [3.8, 4) is 5.75 Å². The van der Waals surface area contributed by atoms with Crippen molar-refractivity contribution < 1.29 is 9.53 Å². The minimum Gasteiger partial charge on any atom is -0.497 e. The van der Waals surface area contributed by atoms with E-state index in [9.17, 15) is 4.79 Å². The summed E-state index contributed by atoms with van der Waals surface area (Å²) in [5.74, 6) is 0.944. The van der Waals surface area contributed by atoms with E-state index >= 15 is 0 Å². The molecule has 4 nitrogen and oxygen atoms in total. The molecule has 4 rings (SSSR count). The molecule has 160 valence electrons. The molecule has 5 heteroatoms. The second kappa shape index (κ2) is 9.99. The molecule has 31 heavy (non-hydrogen) atoms. The molecule has 1 aliphatic rings. The van der Waals surface area contributed by atoms with Crippen LogP contribution in [0.3, 0.4) is 0 Å². The number of hydrogen-bond donors (Lipinski definition) is 0. The number of carbonyl (C=O) groups is 1. The van der Waals surface area contributed by atoms with Crippen molar-refractivity contribution in [3.05, 3.63) is 101 Å². The Morgan fingerprint density at radius 2 is 1.58 bits per heavy atom.